The Kier molecular flexibility index (Phi) is 7.49. The van der Waals surface area contributed by atoms with Gasteiger partial charge < -0.3 is 10.6 Å². The van der Waals surface area contributed by atoms with Crippen LogP contribution in [0.4, 0.5) is 17.2 Å². The number of nitrogens with one attached hydrogen (secondary N) is 2. The number of anilines is 2. The number of hydrogen-bond donors (Lipinski definition) is 2. The van der Waals surface area contributed by atoms with E-state index >= 15 is 0 Å². The van der Waals surface area contributed by atoms with Gasteiger partial charge in [0.2, 0.25) is 5.91 Å². The zero-order chi connectivity index (χ0) is 24.6. The molecule has 3 aromatic carbocycles. The second kappa shape index (κ2) is 11.1. The molecule has 35 heavy (non-hydrogen) atoms. The Bertz CT molecular complexity index is 1330. The van der Waals surface area contributed by atoms with E-state index < -0.39 is 16.1 Å². The van der Waals surface area contributed by atoms with Crippen molar-refractivity contribution in [1.82, 2.24) is 4.98 Å². The highest BCUT2D eigenvalue weighted by Crippen LogP contribution is 2.36. The largest absolute Gasteiger partial charge is 0.322 e. The van der Waals surface area contributed by atoms with E-state index in [1.165, 1.54) is 36.0 Å². The number of benzene rings is 3. The van der Waals surface area contributed by atoms with Crippen molar-refractivity contribution in [1.29, 1.82) is 0 Å². The van der Waals surface area contributed by atoms with Crippen LogP contribution in [0.3, 0.4) is 0 Å². The molecule has 0 spiro atoms. The summed E-state index contributed by atoms with van der Waals surface area (Å²) >= 11 is 1.37. The molecule has 2 amide bonds. The number of non-ortho nitro benzene ring substituents is 1. The zero-order valence-electron chi connectivity index (χ0n) is 18.3. The van der Waals surface area contributed by atoms with Gasteiger partial charge in [-0.2, -0.15) is 0 Å². The first-order valence-electron chi connectivity index (χ1n) is 10.6. The minimum atomic E-state index is -0.546. The van der Waals surface area contributed by atoms with E-state index in [4.69, 9.17) is 0 Å². The standard InChI is InChI=1S/C26H20N4O4S/c31-25(19-9-6-10-21(17-19)30(33)34)28-20-12-14-22(15-13-20)35-24(18-7-2-1-3-8-18)26(32)29-23-11-4-5-16-27-23/h1-17,24H,(H,28,31)(H,27,29,32). The number of carbonyl (C=O) groups is 2. The number of nitrogens with zero attached hydrogens (tertiary/aromatic N) is 2. The first kappa shape index (κ1) is 23.7. The number of aromatic nitrogens is 1. The summed E-state index contributed by atoms with van der Waals surface area (Å²) in [5.74, 6) is -0.188. The molecule has 9 heteroatoms. The molecule has 0 radical (unpaired) electrons. The molecule has 1 atom stereocenters. The summed E-state index contributed by atoms with van der Waals surface area (Å²) in [6.45, 7) is 0. The SMILES string of the molecule is O=C(Nc1ccc(SC(C(=O)Nc2ccccn2)c2ccccc2)cc1)c1cccc([N+](=O)[O-])c1. The Balaban J connectivity index is 1.47. The molecule has 8 nitrogen and oxygen atoms in total. The summed E-state index contributed by atoms with van der Waals surface area (Å²) in [5, 5.41) is 16.0. The van der Waals surface area contributed by atoms with Crippen molar-refractivity contribution in [2.75, 3.05) is 10.6 Å². The lowest BCUT2D eigenvalue weighted by Crippen LogP contribution is -2.19. The van der Waals surface area contributed by atoms with Crippen LogP contribution in [0, 0.1) is 10.1 Å². The number of hydrogen-bond acceptors (Lipinski definition) is 6. The third-order valence-electron chi connectivity index (χ3n) is 4.94. The lowest BCUT2D eigenvalue weighted by atomic mass is 10.1. The molecule has 2 N–H and O–H groups in total. The predicted octanol–water partition coefficient (Wildman–Crippen LogP) is 5.71. The monoisotopic (exact) mass is 484 g/mol. The predicted molar refractivity (Wildman–Crippen MR) is 135 cm³/mol. The Morgan fingerprint density at radius 3 is 2.29 bits per heavy atom. The van der Waals surface area contributed by atoms with E-state index in [-0.39, 0.29) is 17.2 Å². The molecule has 0 saturated carbocycles. The van der Waals surface area contributed by atoms with E-state index in [1.54, 1.807) is 48.7 Å². The van der Waals surface area contributed by atoms with Crippen molar-refractivity contribution in [2.24, 2.45) is 0 Å². The lowest BCUT2D eigenvalue weighted by molar-refractivity contribution is -0.384. The van der Waals surface area contributed by atoms with Crippen molar-refractivity contribution < 1.29 is 14.5 Å². The van der Waals surface area contributed by atoms with Gasteiger partial charge in [-0.3, -0.25) is 19.7 Å². The fourth-order valence-corrected chi connectivity index (χ4v) is 4.27. The van der Waals surface area contributed by atoms with Crippen LogP contribution in [-0.2, 0) is 4.79 Å². The smallest absolute Gasteiger partial charge is 0.270 e. The van der Waals surface area contributed by atoms with E-state index in [9.17, 15) is 19.7 Å². The van der Waals surface area contributed by atoms with E-state index in [2.05, 4.69) is 15.6 Å². The Morgan fingerprint density at radius 2 is 1.60 bits per heavy atom. The maximum atomic E-state index is 13.1. The molecular weight excluding hydrogens is 464 g/mol. The van der Waals surface area contributed by atoms with Crippen LogP contribution in [0.15, 0.2) is 108 Å². The molecular formula is C26H20N4O4S. The van der Waals surface area contributed by atoms with Crippen molar-refractivity contribution in [2.45, 2.75) is 10.1 Å². The molecule has 0 aliphatic rings. The van der Waals surface area contributed by atoms with Crippen LogP contribution in [0.2, 0.25) is 0 Å². The third kappa shape index (κ3) is 6.30. The molecule has 1 unspecified atom stereocenters. The van der Waals surface area contributed by atoms with E-state index in [0.717, 1.165) is 10.5 Å². The summed E-state index contributed by atoms with van der Waals surface area (Å²) in [6, 6.07) is 27.3. The van der Waals surface area contributed by atoms with Gasteiger partial charge in [0.1, 0.15) is 11.1 Å². The number of pyridine rings is 1. The van der Waals surface area contributed by atoms with E-state index in [0.29, 0.717) is 11.5 Å². The number of carbonyl (C=O) groups excluding carboxylic acids is 2. The lowest BCUT2D eigenvalue weighted by Gasteiger charge is -2.17. The minimum Gasteiger partial charge on any atom is -0.322 e. The van der Waals surface area contributed by atoms with Gasteiger partial charge in [0.05, 0.1) is 4.92 Å². The van der Waals surface area contributed by atoms with Gasteiger partial charge in [0.15, 0.2) is 0 Å². The summed E-state index contributed by atoms with van der Waals surface area (Å²) in [6.07, 6.45) is 1.61. The van der Waals surface area contributed by atoms with Crippen LogP contribution in [0.5, 0.6) is 0 Å². The molecule has 1 aromatic heterocycles. The zero-order valence-corrected chi connectivity index (χ0v) is 19.1. The number of nitro groups is 1. The maximum absolute atomic E-state index is 13.1. The molecule has 0 aliphatic carbocycles. The Hall–Kier alpha value is -4.50. The minimum absolute atomic E-state index is 0.152. The van der Waals surface area contributed by atoms with Crippen LogP contribution in [0.1, 0.15) is 21.2 Å². The summed E-state index contributed by atoms with van der Waals surface area (Å²) < 4.78 is 0. The fraction of sp³-hybridized carbons (Fsp3) is 0.0385. The highest BCUT2D eigenvalue weighted by Gasteiger charge is 2.22. The van der Waals surface area contributed by atoms with Crippen molar-refractivity contribution in [3.63, 3.8) is 0 Å². The topological polar surface area (TPSA) is 114 Å². The summed E-state index contributed by atoms with van der Waals surface area (Å²) in [5.41, 5.74) is 1.40. The average molecular weight is 485 g/mol. The van der Waals surface area contributed by atoms with Gasteiger partial charge in [-0.25, -0.2) is 4.98 Å². The molecule has 0 aliphatic heterocycles. The number of amides is 2. The number of nitro benzene ring substituents is 1. The highest BCUT2D eigenvalue weighted by atomic mass is 32.2. The third-order valence-corrected chi connectivity index (χ3v) is 6.21. The van der Waals surface area contributed by atoms with E-state index in [1.807, 2.05) is 30.3 Å². The van der Waals surface area contributed by atoms with Crippen LogP contribution in [-0.4, -0.2) is 21.7 Å². The molecule has 0 bridgehead atoms. The first-order valence-corrected chi connectivity index (χ1v) is 11.5. The van der Waals surface area contributed by atoms with Gasteiger partial charge in [-0.1, -0.05) is 42.5 Å². The molecule has 4 rings (SSSR count). The first-order chi connectivity index (χ1) is 17.0. The Labute approximate surface area is 205 Å². The second-order valence-corrected chi connectivity index (χ2v) is 8.58. The van der Waals surface area contributed by atoms with Crippen molar-refractivity contribution in [3.05, 3.63) is 124 Å². The quantitative estimate of drug-likeness (QED) is 0.188. The normalized spacial score (nSPS) is 11.3. The summed E-state index contributed by atoms with van der Waals surface area (Å²) in [7, 11) is 0. The molecule has 0 saturated heterocycles. The number of thioether (sulfide) groups is 1. The van der Waals surface area contributed by atoms with Gasteiger partial charge in [0, 0.05) is 34.5 Å². The Morgan fingerprint density at radius 1 is 0.857 bits per heavy atom. The number of rotatable bonds is 8. The highest BCUT2D eigenvalue weighted by molar-refractivity contribution is 8.00. The molecule has 4 aromatic rings. The van der Waals surface area contributed by atoms with Crippen molar-refractivity contribution >= 4 is 40.8 Å². The van der Waals surface area contributed by atoms with Crippen molar-refractivity contribution in [3.8, 4) is 0 Å². The van der Waals surface area contributed by atoms with Crippen LogP contribution < -0.4 is 10.6 Å². The molecule has 0 fully saturated rings. The van der Waals surface area contributed by atoms with Gasteiger partial charge >= 0.3 is 0 Å². The van der Waals surface area contributed by atoms with Gasteiger partial charge in [0.25, 0.3) is 11.6 Å². The van der Waals surface area contributed by atoms with Gasteiger partial charge in [-0.15, -0.1) is 11.8 Å². The molecule has 1 heterocycles. The van der Waals surface area contributed by atoms with Crippen LogP contribution >= 0.6 is 11.8 Å². The maximum Gasteiger partial charge on any atom is 0.270 e. The van der Waals surface area contributed by atoms with Crippen LogP contribution in [0.25, 0.3) is 0 Å². The summed E-state index contributed by atoms with van der Waals surface area (Å²) in [4.78, 5) is 41.0. The second-order valence-electron chi connectivity index (χ2n) is 7.40. The van der Waals surface area contributed by atoms with Gasteiger partial charge in [-0.05, 0) is 48.0 Å². The average Bonchev–Trinajstić information content (AvgIpc) is 2.89. The molecule has 174 valence electrons. The fourth-order valence-electron chi connectivity index (χ4n) is 3.25.